The lowest BCUT2D eigenvalue weighted by atomic mass is 10.3. The van der Waals surface area contributed by atoms with Crippen molar-refractivity contribution in [2.24, 2.45) is 0 Å². The van der Waals surface area contributed by atoms with E-state index in [4.69, 9.17) is 0 Å². The molecule has 0 saturated heterocycles. The smallest absolute Gasteiger partial charge is 0.266 e. The van der Waals surface area contributed by atoms with E-state index in [0.29, 0.717) is 0 Å². The van der Waals surface area contributed by atoms with E-state index in [1.165, 1.54) is 12.3 Å². The van der Waals surface area contributed by atoms with Gasteiger partial charge in [-0.15, -0.1) is 0 Å². The number of sulfonamides is 1. The van der Waals surface area contributed by atoms with Crippen molar-refractivity contribution in [3.05, 3.63) is 24.0 Å². The Morgan fingerprint density at radius 2 is 2.17 bits per heavy atom. The predicted octanol–water partition coefficient (Wildman–Crippen LogP) is -0.486. The quantitative estimate of drug-likeness (QED) is 0.590. The number of hydrogen-bond donors (Lipinski definition) is 1. The van der Waals surface area contributed by atoms with Crippen LogP contribution in [0.25, 0.3) is 0 Å². The summed E-state index contributed by atoms with van der Waals surface area (Å²) in [7, 11) is -3.62. The fourth-order valence-electron chi connectivity index (χ4n) is 1.01. The van der Waals surface area contributed by atoms with Crippen molar-refractivity contribution in [1.29, 1.82) is 0 Å². The molecule has 1 aliphatic rings. The Morgan fingerprint density at radius 3 is 2.83 bits per heavy atom. The summed E-state index contributed by atoms with van der Waals surface area (Å²) in [5.41, 5.74) is 0.157. The van der Waals surface area contributed by atoms with Crippen LogP contribution in [0.5, 0.6) is 0 Å². The summed E-state index contributed by atoms with van der Waals surface area (Å²) < 4.78 is 24.0. The second-order valence-corrected chi connectivity index (χ2v) is 3.96. The van der Waals surface area contributed by atoms with E-state index in [0.717, 1.165) is 6.20 Å². The summed E-state index contributed by atoms with van der Waals surface area (Å²) in [6.45, 7) is 0. The van der Waals surface area contributed by atoms with Crippen LogP contribution in [0, 0.1) is 0 Å². The van der Waals surface area contributed by atoms with Crippen molar-refractivity contribution in [3.8, 4) is 0 Å². The standard InChI is InChI=1S/C6H4N2O3S/c9-6-4-1-2-7-3-5(4)12(10,11)8-6/h1-3H,(H,8,9). The first-order valence-electron chi connectivity index (χ1n) is 3.12. The van der Waals surface area contributed by atoms with Gasteiger partial charge in [0.1, 0.15) is 4.90 Å². The number of hydrogen-bond acceptors (Lipinski definition) is 4. The molecular formula is C6H4N2O3S. The van der Waals surface area contributed by atoms with Crippen LogP contribution >= 0.6 is 0 Å². The van der Waals surface area contributed by atoms with Gasteiger partial charge in [-0.1, -0.05) is 0 Å². The highest BCUT2D eigenvalue weighted by molar-refractivity contribution is 7.90. The summed E-state index contributed by atoms with van der Waals surface area (Å²) in [6.07, 6.45) is 2.53. The third-order valence-corrected chi connectivity index (χ3v) is 2.90. The molecule has 1 aromatic rings. The van der Waals surface area contributed by atoms with Gasteiger partial charge in [-0.25, -0.2) is 13.1 Å². The van der Waals surface area contributed by atoms with Gasteiger partial charge < -0.3 is 0 Å². The summed E-state index contributed by atoms with van der Waals surface area (Å²) in [5, 5.41) is 0. The lowest BCUT2D eigenvalue weighted by Gasteiger charge is -1.90. The largest absolute Gasteiger partial charge is 0.268 e. The fraction of sp³-hybridized carbons (Fsp3) is 0. The molecule has 0 spiro atoms. The van der Waals surface area contributed by atoms with E-state index in [2.05, 4.69) is 4.98 Å². The van der Waals surface area contributed by atoms with Gasteiger partial charge in [0.2, 0.25) is 0 Å². The van der Waals surface area contributed by atoms with Crippen molar-refractivity contribution in [1.82, 2.24) is 9.71 Å². The highest BCUT2D eigenvalue weighted by Crippen LogP contribution is 2.19. The molecule has 1 N–H and O–H groups in total. The molecule has 2 rings (SSSR count). The minimum absolute atomic E-state index is 0.0463. The number of fused-ring (bicyclic) bond motifs is 1. The Labute approximate surface area is 68.5 Å². The molecule has 5 nitrogen and oxygen atoms in total. The zero-order valence-electron chi connectivity index (χ0n) is 5.81. The molecule has 6 heteroatoms. The molecule has 0 aliphatic carbocycles. The molecule has 0 aromatic carbocycles. The van der Waals surface area contributed by atoms with Gasteiger partial charge in [0.05, 0.1) is 5.56 Å². The maximum Gasteiger partial charge on any atom is 0.266 e. The predicted molar refractivity (Wildman–Crippen MR) is 38.9 cm³/mol. The van der Waals surface area contributed by atoms with Crippen molar-refractivity contribution >= 4 is 15.9 Å². The van der Waals surface area contributed by atoms with Crippen molar-refractivity contribution in [2.75, 3.05) is 0 Å². The second-order valence-electron chi connectivity index (χ2n) is 2.31. The SMILES string of the molecule is O=C1NS(=O)(=O)c2cnccc21. The van der Waals surface area contributed by atoms with Crippen molar-refractivity contribution < 1.29 is 13.2 Å². The highest BCUT2D eigenvalue weighted by Gasteiger charge is 2.31. The summed E-state index contributed by atoms with van der Waals surface area (Å²) in [5.74, 6) is -0.590. The topological polar surface area (TPSA) is 76.1 Å². The van der Waals surface area contributed by atoms with E-state index >= 15 is 0 Å². The molecule has 0 atom stereocenters. The van der Waals surface area contributed by atoms with Gasteiger partial charge >= 0.3 is 0 Å². The number of pyridine rings is 1. The van der Waals surface area contributed by atoms with Crippen LogP contribution in [0.3, 0.4) is 0 Å². The van der Waals surface area contributed by atoms with Gasteiger partial charge in [-0.05, 0) is 6.07 Å². The monoisotopic (exact) mass is 184 g/mol. The summed E-state index contributed by atoms with van der Waals surface area (Å²) in [4.78, 5) is 14.5. The number of nitrogens with one attached hydrogen (secondary N) is 1. The molecule has 1 amide bonds. The minimum atomic E-state index is -3.62. The molecule has 0 radical (unpaired) electrons. The summed E-state index contributed by atoms with van der Waals surface area (Å²) in [6, 6.07) is 1.37. The van der Waals surface area contributed by atoms with Gasteiger partial charge in [-0.2, -0.15) is 0 Å². The Hall–Kier alpha value is -1.43. The van der Waals surface area contributed by atoms with Crippen molar-refractivity contribution in [3.63, 3.8) is 0 Å². The number of rotatable bonds is 0. The molecule has 0 fully saturated rings. The van der Waals surface area contributed by atoms with Crippen LogP contribution in [0.2, 0.25) is 0 Å². The number of aromatic nitrogens is 1. The zero-order chi connectivity index (χ0) is 8.77. The maximum atomic E-state index is 11.1. The van der Waals surface area contributed by atoms with E-state index in [9.17, 15) is 13.2 Å². The van der Waals surface area contributed by atoms with Crippen LogP contribution in [0.15, 0.2) is 23.4 Å². The minimum Gasteiger partial charge on any atom is -0.268 e. The molecule has 0 saturated carbocycles. The first kappa shape index (κ1) is 7.23. The zero-order valence-corrected chi connectivity index (χ0v) is 6.63. The molecule has 0 unspecified atom stereocenters. The average molecular weight is 184 g/mol. The first-order chi connectivity index (χ1) is 5.61. The Bertz CT molecular complexity index is 452. The van der Waals surface area contributed by atoms with Crippen LogP contribution in [0.4, 0.5) is 0 Å². The van der Waals surface area contributed by atoms with Crippen LogP contribution in [-0.2, 0) is 10.0 Å². The molecule has 62 valence electrons. The van der Waals surface area contributed by atoms with Gasteiger partial charge in [0, 0.05) is 12.4 Å². The van der Waals surface area contributed by atoms with E-state index < -0.39 is 15.9 Å². The maximum absolute atomic E-state index is 11.1. The number of carbonyl (C=O) groups excluding carboxylic acids is 1. The molecule has 1 aliphatic heterocycles. The molecule has 12 heavy (non-hydrogen) atoms. The van der Waals surface area contributed by atoms with E-state index in [-0.39, 0.29) is 10.5 Å². The van der Waals surface area contributed by atoms with Crippen LogP contribution in [-0.4, -0.2) is 19.3 Å². The summed E-state index contributed by atoms with van der Waals surface area (Å²) >= 11 is 0. The lowest BCUT2D eigenvalue weighted by Crippen LogP contribution is -2.20. The number of amides is 1. The number of carbonyl (C=O) groups is 1. The van der Waals surface area contributed by atoms with Gasteiger partial charge in [0.25, 0.3) is 15.9 Å². The number of nitrogens with zero attached hydrogens (tertiary/aromatic N) is 1. The van der Waals surface area contributed by atoms with Gasteiger partial charge in [0.15, 0.2) is 0 Å². The molecule has 0 bridgehead atoms. The second kappa shape index (κ2) is 2.04. The van der Waals surface area contributed by atoms with Crippen LogP contribution in [0.1, 0.15) is 10.4 Å². The van der Waals surface area contributed by atoms with E-state index in [1.54, 1.807) is 0 Å². The Balaban J connectivity index is 2.83. The van der Waals surface area contributed by atoms with E-state index in [1.807, 2.05) is 4.72 Å². The molecule has 2 heterocycles. The highest BCUT2D eigenvalue weighted by atomic mass is 32.2. The molecule has 1 aromatic heterocycles. The third kappa shape index (κ3) is 0.814. The Morgan fingerprint density at radius 1 is 1.42 bits per heavy atom. The fourth-order valence-corrected chi connectivity index (χ4v) is 2.13. The van der Waals surface area contributed by atoms with Crippen LogP contribution < -0.4 is 4.72 Å². The van der Waals surface area contributed by atoms with Gasteiger partial charge in [-0.3, -0.25) is 9.78 Å². The first-order valence-corrected chi connectivity index (χ1v) is 4.61. The molecular weight excluding hydrogens is 180 g/mol. The lowest BCUT2D eigenvalue weighted by molar-refractivity contribution is 0.0985. The Kier molecular flexibility index (Phi) is 1.23. The normalized spacial score (nSPS) is 18.5. The van der Waals surface area contributed by atoms with Crippen molar-refractivity contribution in [2.45, 2.75) is 4.90 Å². The average Bonchev–Trinajstić information content (AvgIpc) is 2.25. The third-order valence-electron chi connectivity index (χ3n) is 1.55.